The zero-order valence-electron chi connectivity index (χ0n) is 9.53. The van der Waals surface area contributed by atoms with Crippen LogP contribution in [0.2, 0.25) is 0 Å². The van der Waals surface area contributed by atoms with E-state index in [1.165, 1.54) is 0 Å². The molecule has 2 unspecified atom stereocenters. The second-order valence-corrected chi connectivity index (χ2v) is 4.31. The quantitative estimate of drug-likeness (QED) is 0.817. The second kappa shape index (κ2) is 4.12. The maximum Gasteiger partial charge on any atom is 0.339 e. The van der Waals surface area contributed by atoms with Gasteiger partial charge in [0.25, 0.3) is 0 Å². The first kappa shape index (κ1) is 10.9. The van der Waals surface area contributed by atoms with E-state index in [0.29, 0.717) is 17.8 Å². The van der Waals surface area contributed by atoms with Gasteiger partial charge >= 0.3 is 5.97 Å². The Morgan fingerprint density at radius 1 is 1.62 bits per heavy atom. The number of aromatic nitrogens is 1. The Morgan fingerprint density at radius 3 is 2.94 bits per heavy atom. The number of aryl methyl sites for hydroxylation is 1. The Bertz CT molecular complexity index is 417. The van der Waals surface area contributed by atoms with Gasteiger partial charge in [0, 0.05) is 11.7 Å². The second-order valence-electron chi connectivity index (χ2n) is 4.31. The zero-order chi connectivity index (χ0) is 11.7. The van der Waals surface area contributed by atoms with Crippen LogP contribution < -0.4 is 5.32 Å². The molecule has 4 heteroatoms. The summed E-state index contributed by atoms with van der Waals surface area (Å²) in [6.45, 7) is 4.01. The topological polar surface area (TPSA) is 62.2 Å². The molecule has 1 aromatic rings. The third-order valence-electron chi connectivity index (χ3n) is 3.03. The van der Waals surface area contributed by atoms with Crippen molar-refractivity contribution >= 4 is 11.8 Å². The molecule has 0 aliphatic heterocycles. The van der Waals surface area contributed by atoms with Crippen molar-refractivity contribution in [2.45, 2.75) is 32.7 Å². The number of carboxylic acids is 1. The third-order valence-corrected chi connectivity index (χ3v) is 3.03. The molecular formula is C12H16N2O2. The van der Waals surface area contributed by atoms with Crippen molar-refractivity contribution in [2.24, 2.45) is 5.92 Å². The number of pyridine rings is 1. The molecule has 4 nitrogen and oxygen atoms in total. The van der Waals surface area contributed by atoms with E-state index in [2.05, 4.69) is 17.2 Å². The molecule has 1 aromatic heterocycles. The summed E-state index contributed by atoms with van der Waals surface area (Å²) in [5.74, 6) is 0.251. The van der Waals surface area contributed by atoms with Crippen LogP contribution in [-0.2, 0) is 0 Å². The third kappa shape index (κ3) is 2.15. The molecule has 86 valence electrons. The first-order valence-corrected chi connectivity index (χ1v) is 5.59. The number of hydrogen-bond acceptors (Lipinski definition) is 3. The van der Waals surface area contributed by atoms with Gasteiger partial charge in [-0.3, -0.25) is 0 Å². The molecule has 1 aliphatic carbocycles. The highest BCUT2D eigenvalue weighted by Gasteiger charge is 2.36. The average molecular weight is 220 g/mol. The van der Waals surface area contributed by atoms with Crippen molar-refractivity contribution in [2.75, 3.05) is 5.32 Å². The summed E-state index contributed by atoms with van der Waals surface area (Å²) in [5.41, 5.74) is 1.09. The largest absolute Gasteiger partial charge is 0.478 e. The number of carboxylic acid groups (broad SMARTS) is 1. The minimum absolute atomic E-state index is 0.257. The molecule has 1 fully saturated rings. The lowest BCUT2D eigenvalue weighted by Crippen LogP contribution is -2.12. The monoisotopic (exact) mass is 220 g/mol. The molecule has 16 heavy (non-hydrogen) atoms. The fourth-order valence-corrected chi connectivity index (χ4v) is 1.89. The van der Waals surface area contributed by atoms with Crippen LogP contribution >= 0.6 is 0 Å². The van der Waals surface area contributed by atoms with Gasteiger partial charge in [-0.1, -0.05) is 13.3 Å². The summed E-state index contributed by atoms with van der Waals surface area (Å²) >= 11 is 0. The first-order chi connectivity index (χ1) is 7.61. The van der Waals surface area contributed by atoms with Crippen LogP contribution in [0, 0.1) is 12.8 Å². The predicted molar refractivity (Wildman–Crippen MR) is 61.7 cm³/mol. The molecule has 1 heterocycles. The Balaban J connectivity index is 2.18. The lowest BCUT2D eigenvalue weighted by molar-refractivity contribution is 0.0697. The van der Waals surface area contributed by atoms with Crippen LogP contribution in [0.3, 0.4) is 0 Å². The smallest absolute Gasteiger partial charge is 0.339 e. The number of carbonyl (C=O) groups is 1. The average Bonchev–Trinajstić information content (AvgIpc) is 2.96. The maximum absolute atomic E-state index is 11.0. The van der Waals surface area contributed by atoms with Gasteiger partial charge in [-0.25, -0.2) is 9.78 Å². The highest BCUT2D eigenvalue weighted by Crippen LogP contribution is 2.36. The molecule has 0 radical (unpaired) electrons. The molecular weight excluding hydrogens is 204 g/mol. The molecule has 1 saturated carbocycles. The zero-order valence-corrected chi connectivity index (χ0v) is 9.53. The van der Waals surface area contributed by atoms with E-state index in [1.807, 2.05) is 6.92 Å². The van der Waals surface area contributed by atoms with Gasteiger partial charge in [0.2, 0.25) is 0 Å². The van der Waals surface area contributed by atoms with Crippen molar-refractivity contribution in [3.05, 3.63) is 23.4 Å². The van der Waals surface area contributed by atoms with Gasteiger partial charge in [-0.2, -0.15) is 0 Å². The summed E-state index contributed by atoms with van der Waals surface area (Å²) in [7, 11) is 0. The van der Waals surface area contributed by atoms with E-state index in [1.54, 1.807) is 12.1 Å². The molecule has 1 aliphatic rings. The number of nitrogens with zero attached hydrogens (tertiary/aromatic N) is 1. The molecule has 0 bridgehead atoms. The normalized spacial score (nSPS) is 22.9. The maximum atomic E-state index is 11.0. The summed E-state index contributed by atoms with van der Waals surface area (Å²) in [5, 5.41) is 12.2. The number of hydrogen-bond donors (Lipinski definition) is 2. The van der Waals surface area contributed by atoms with E-state index >= 15 is 0 Å². The van der Waals surface area contributed by atoms with E-state index in [9.17, 15) is 4.79 Å². The molecule has 2 atom stereocenters. The van der Waals surface area contributed by atoms with Gasteiger partial charge in [-0.05, 0) is 31.4 Å². The van der Waals surface area contributed by atoms with Crippen LogP contribution in [-0.4, -0.2) is 22.1 Å². The summed E-state index contributed by atoms with van der Waals surface area (Å²) in [6, 6.07) is 3.73. The van der Waals surface area contributed by atoms with Crippen molar-refractivity contribution in [1.82, 2.24) is 4.98 Å². The van der Waals surface area contributed by atoms with Crippen molar-refractivity contribution in [3.8, 4) is 0 Å². The van der Waals surface area contributed by atoms with Crippen LogP contribution in [0.4, 0.5) is 5.82 Å². The first-order valence-electron chi connectivity index (χ1n) is 5.59. The van der Waals surface area contributed by atoms with Gasteiger partial charge < -0.3 is 10.4 Å². The summed E-state index contributed by atoms with van der Waals surface area (Å²) < 4.78 is 0. The Kier molecular flexibility index (Phi) is 2.81. The summed E-state index contributed by atoms with van der Waals surface area (Å²) in [6.07, 6.45) is 2.25. The van der Waals surface area contributed by atoms with E-state index < -0.39 is 5.97 Å². The minimum Gasteiger partial charge on any atom is -0.478 e. The Hall–Kier alpha value is -1.58. The van der Waals surface area contributed by atoms with Gasteiger partial charge in [0.05, 0.1) is 0 Å². The van der Waals surface area contributed by atoms with Crippen molar-refractivity contribution in [1.29, 1.82) is 0 Å². The van der Waals surface area contributed by atoms with Crippen molar-refractivity contribution in [3.63, 3.8) is 0 Å². The lowest BCUT2D eigenvalue weighted by atomic mass is 10.2. The van der Waals surface area contributed by atoms with Crippen LogP contribution in [0.25, 0.3) is 0 Å². The Labute approximate surface area is 94.7 Å². The molecule has 0 spiro atoms. The van der Waals surface area contributed by atoms with Gasteiger partial charge in [0.1, 0.15) is 11.4 Å². The Morgan fingerprint density at radius 2 is 2.38 bits per heavy atom. The van der Waals surface area contributed by atoms with Crippen LogP contribution in [0.5, 0.6) is 0 Å². The van der Waals surface area contributed by atoms with Gasteiger partial charge in [-0.15, -0.1) is 0 Å². The number of nitrogens with one attached hydrogen (secondary N) is 1. The predicted octanol–water partition coefficient (Wildman–Crippen LogP) is 2.30. The molecule has 0 amide bonds. The SMILES string of the molecule is CCC1CC1Nc1nc(C)ccc1C(=O)O. The van der Waals surface area contributed by atoms with Gasteiger partial charge in [0.15, 0.2) is 0 Å². The highest BCUT2D eigenvalue weighted by molar-refractivity contribution is 5.93. The minimum atomic E-state index is -0.927. The van der Waals surface area contributed by atoms with E-state index in [0.717, 1.165) is 18.5 Å². The molecule has 2 rings (SSSR count). The fraction of sp³-hybridized carbons (Fsp3) is 0.500. The standard InChI is InChI=1S/C12H16N2O2/c1-3-8-6-10(8)14-11-9(12(15)16)5-4-7(2)13-11/h4-5,8,10H,3,6H2,1-2H3,(H,13,14)(H,15,16). The van der Waals surface area contributed by atoms with Crippen molar-refractivity contribution < 1.29 is 9.90 Å². The van der Waals surface area contributed by atoms with Crippen LogP contribution in [0.1, 0.15) is 35.8 Å². The number of anilines is 1. The molecule has 0 aromatic carbocycles. The lowest BCUT2D eigenvalue weighted by Gasteiger charge is -2.08. The fourth-order valence-electron chi connectivity index (χ4n) is 1.89. The van der Waals surface area contributed by atoms with Crippen LogP contribution in [0.15, 0.2) is 12.1 Å². The molecule has 0 saturated heterocycles. The summed E-state index contributed by atoms with van der Waals surface area (Å²) in [4.78, 5) is 15.3. The van der Waals surface area contributed by atoms with E-state index in [4.69, 9.17) is 5.11 Å². The number of rotatable bonds is 4. The molecule has 2 N–H and O–H groups in total. The van der Waals surface area contributed by atoms with E-state index in [-0.39, 0.29) is 5.56 Å². The number of aromatic carboxylic acids is 1. The highest BCUT2D eigenvalue weighted by atomic mass is 16.4.